The molecule has 246 valence electrons. The van der Waals surface area contributed by atoms with Gasteiger partial charge in [-0.2, -0.15) is 0 Å². The highest BCUT2D eigenvalue weighted by molar-refractivity contribution is 14.1. The van der Waals surface area contributed by atoms with Crippen molar-refractivity contribution in [2.45, 2.75) is 38.8 Å². The Labute approximate surface area is 309 Å². The van der Waals surface area contributed by atoms with Gasteiger partial charge in [-0.15, -0.1) is 20.4 Å². The zero-order valence-corrected chi connectivity index (χ0v) is 30.4. The fourth-order valence-electron chi connectivity index (χ4n) is 5.34. The Hall–Kier alpha value is -3.22. The van der Waals surface area contributed by atoms with E-state index in [9.17, 15) is 17.6 Å². The fraction of sp³-hybridized carbons (Fsp3) is 0.188. The first-order valence-corrected chi connectivity index (χ1v) is 17.4. The highest BCUT2D eigenvalue weighted by atomic mass is 127. The Kier molecular flexibility index (Phi) is 10.9. The number of hydrogen-bond acceptors (Lipinski definition) is 6. The van der Waals surface area contributed by atoms with Crippen LogP contribution in [0.4, 0.5) is 17.6 Å². The molecule has 0 radical (unpaired) electrons. The number of aryl methyl sites for hydroxylation is 2. The van der Waals surface area contributed by atoms with Crippen molar-refractivity contribution in [2.75, 3.05) is 0 Å². The van der Waals surface area contributed by atoms with Gasteiger partial charge in [-0.1, -0.05) is 23.2 Å². The SMILES string of the molecule is Clc1ccc(I)nn1.Fc1ccc(-c2nc3n(c2-c2ccc(Cl)nn2)CCC3)c(F)c1.Fc1ccc(-c2nc3n(c2I)CCC3)c(F)c1. The second-order valence-corrected chi connectivity index (χ2v) is 13.5. The summed E-state index contributed by atoms with van der Waals surface area (Å²) in [6, 6.07) is 13.9. The molecule has 0 amide bonds. The van der Waals surface area contributed by atoms with Gasteiger partial charge in [-0.05, 0) is 107 Å². The van der Waals surface area contributed by atoms with Gasteiger partial charge >= 0.3 is 0 Å². The molecule has 16 heteroatoms. The van der Waals surface area contributed by atoms with E-state index >= 15 is 0 Å². The van der Waals surface area contributed by atoms with Gasteiger partial charge < -0.3 is 9.13 Å². The Morgan fingerprint density at radius 1 is 0.604 bits per heavy atom. The quantitative estimate of drug-likeness (QED) is 0.130. The fourth-order valence-corrected chi connectivity index (χ4v) is 6.76. The molecule has 6 aromatic rings. The van der Waals surface area contributed by atoms with E-state index in [4.69, 9.17) is 23.2 Å². The van der Waals surface area contributed by atoms with E-state index in [0.29, 0.717) is 33.5 Å². The molecule has 8 nitrogen and oxygen atoms in total. The number of halogens is 8. The van der Waals surface area contributed by atoms with Gasteiger partial charge in [0.05, 0.1) is 5.69 Å². The van der Waals surface area contributed by atoms with Crippen LogP contribution >= 0.6 is 68.4 Å². The van der Waals surface area contributed by atoms with Crippen molar-refractivity contribution in [3.63, 3.8) is 0 Å². The number of imidazole rings is 2. The highest BCUT2D eigenvalue weighted by Crippen LogP contribution is 2.36. The van der Waals surface area contributed by atoms with Crippen LogP contribution in [-0.4, -0.2) is 39.5 Å². The molecule has 8 rings (SSSR count). The summed E-state index contributed by atoms with van der Waals surface area (Å²) in [6.07, 6.45) is 3.81. The Morgan fingerprint density at radius 2 is 1.15 bits per heavy atom. The summed E-state index contributed by atoms with van der Waals surface area (Å²) >= 11 is 15.5. The maximum Gasteiger partial charge on any atom is 0.151 e. The largest absolute Gasteiger partial charge is 0.326 e. The molecule has 0 atom stereocenters. The Morgan fingerprint density at radius 3 is 1.67 bits per heavy atom. The molecule has 4 aromatic heterocycles. The lowest BCUT2D eigenvalue weighted by Gasteiger charge is -2.08. The average molecular weight is 919 g/mol. The topological polar surface area (TPSA) is 87.2 Å². The molecule has 0 fully saturated rings. The summed E-state index contributed by atoms with van der Waals surface area (Å²) in [5.41, 5.74) is 2.95. The third-order valence-electron chi connectivity index (χ3n) is 7.44. The first-order valence-electron chi connectivity index (χ1n) is 14.5. The van der Waals surface area contributed by atoms with Gasteiger partial charge in [0.1, 0.15) is 59.4 Å². The highest BCUT2D eigenvalue weighted by Gasteiger charge is 2.26. The minimum Gasteiger partial charge on any atom is -0.326 e. The Balaban J connectivity index is 0.000000140. The molecule has 0 aliphatic carbocycles. The van der Waals surface area contributed by atoms with Crippen molar-refractivity contribution >= 4 is 68.4 Å². The third kappa shape index (κ3) is 7.65. The molecule has 0 bridgehead atoms. The van der Waals surface area contributed by atoms with E-state index in [0.717, 1.165) is 70.0 Å². The second kappa shape index (κ2) is 15.1. The lowest BCUT2D eigenvalue weighted by Crippen LogP contribution is -1.99. The van der Waals surface area contributed by atoms with E-state index in [1.807, 2.05) is 4.57 Å². The number of rotatable bonds is 3. The number of hydrogen-bond donors (Lipinski definition) is 0. The molecule has 0 saturated heterocycles. The molecule has 0 saturated carbocycles. The van der Waals surface area contributed by atoms with Gasteiger partial charge in [0.15, 0.2) is 10.3 Å². The van der Waals surface area contributed by atoms with Crippen LogP contribution in [0.2, 0.25) is 10.3 Å². The average Bonchev–Trinajstić information content (AvgIpc) is 3.84. The van der Waals surface area contributed by atoms with E-state index < -0.39 is 23.3 Å². The molecule has 2 aliphatic heterocycles. The van der Waals surface area contributed by atoms with Crippen LogP contribution < -0.4 is 0 Å². The van der Waals surface area contributed by atoms with Crippen LogP contribution in [0.1, 0.15) is 24.5 Å². The predicted molar refractivity (Wildman–Crippen MR) is 190 cm³/mol. The van der Waals surface area contributed by atoms with Crippen LogP contribution in [-0.2, 0) is 25.9 Å². The van der Waals surface area contributed by atoms with Gasteiger partial charge in [0, 0.05) is 49.2 Å². The van der Waals surface area contributed by atoms with Gasteiger partial charge in [-0.3, -0.25) is 0 Å². The zero-order chi connectivity index (χ0) is 33.9. The van der Waals surface area contributed by atoms with Gasteiger partial charge in [0.25, 0.3) is 0 Å². The van der Waals surface area contributed by atoms with E-state index in [2.05, 4.69) is 80.1 Å². The normalized spacial score (nSPS) is 12.9. The van der Waals surface area contributed by atoms with Crippen molar-refractivity contribution in [2.24, 2.45) is 0 Å². The van der Waals surface area contributed by atoms with Crippen molar-refractivity contribution in [3.05, 3.63) is 113 Å². The van der Waals surface area contributed by atoms with Crippen LogP contribution in [0.5, 0.6) is 0 Å². The number of benzene rings is 2. The monoisotopic (exact) mass is 918 g/mol. The molecular formula is C32H22Cl2F4I2N8. The molecule has 0 unspecified atom stereocenters. The van der Waals surface area contributed by atoms with Crippen LogP contribution in [0.25, 0.3) is 33.9 Å². The molecule has 0 N–H and O–H groups in total. The zero-order valence-electron chi connectivity index (χ0n) is 24.6. The number of fused-ring (bicyclic) bond motifs is 2. The first-order chi connectivity index (χ1) is 23.1. The van der Waals surface area contributed by atoms with E-state index in [-0.39, 0.29) is 10.7 Å². The van der Waals surface area contributed by atoms with Crippen molar-refractivity contribution in [1.29, 1.82) is 0 Å². The van der Waals surface area contributed by atoms with Crippen molar-refractivity contribution < 1.29 is 17.6 Å². The first kappa shape index (κ1) is 34.6. The molecule has 2 aromatic carbocycles. The minimum atomic E-state index is -0.648. The summed E-state index contributed by atoms with van der Waals surface area (Å²) in [6.45, 7) is 1.72. The lowest BCUT2D eigenvalue weighted by molar-refractivity contribution is 0.584. The molecule has 6 heterocycles. The summed E-state index contributed by atoms with van der Waals surface area (Å²) in [4.78, 5) is 8.99. The smallest absolute Gasteiger partial charge is 0.151 e. The maximum atomic E-state index is 14.2. The molecule has 2 aliphatic rings. The minimum absolute atomic E-state index is 0.250. The third-order valence-corrected chi connectivity index (χ3v) is 9.51. The summed E-state index contributed by atoms with van der Waals surface area (Å²) in [5, 5.41) is 15.9. The van der Waals surface area contributed by atoms with E-state index in [1.165, 1.54) is 24.3 Å². The molecular weight excluding hydrogens is 897 g/mol. The summed E-state index contributed by atoms with van der Waals surface area (Å²) in [7, 11) is 0. The van der Waals surface area contributed by atoms with Crippen LogP contribution in [0.15, 0.2) is 60.7 Å². The number of nitrogens with zero attached hydrogens (tertiary/aromatic N) is 8. The van der Waals surface area contributed by atoms with Crippen LogP contribution in [0, 0.1) is 30.7 Å². The lowest BCUT2D eigenvalue weighted by atomic mass is 10.1. The van der Waals surface area contributed by atoms with Gasteiger partial charge in [0.2, 0.25) is 0 Å². The Bertz CT molecular complexity index is 2070. The summed E-state index contributed by atoms with van der Waals surface area (Å²) in [5.74, 6) is -0.521. The predicted octanol–water partition coefficient (Wildman–Crippen LogP) is 9.00. The number of aromatic nitrogens is 8. The molecule has 48 heavy (non-hydrogen) atoms. The molecule has 0 spiro atoms. The van der Waals surface area contributed by atoms with E-state index in [1.54, 1.807) is 24.3 Å². The maximum absolute atomic E-state index is 14.2. The second-order valence-electron chi connectivity index (χ2n) is 10.6. The standard InChI is InChI=1S/C16H11ClF2N4.C12H9F2IN2.C4H2ClIN2/c17-13-6-5-12(21-22-13)16-15(20-14-2-1-7-23(14)16)10-4-3-9(18)8-11(10)19;13-7-3-4-8(9(14)6-7)11-12(15)17-5-1-2-10(17)16-11;5-3-1-2-4(6)8-7-3/h3-6,8H,1-2,7H2;3-4,6H,1-2,5H2;1-2H. The van der Waals surface area contributed by atoms with Gasteiger partial charge in [-0.25, -0.2) is 27.5 Å². The summed E-state index contributed by atoms with van der Waals surface area (Å²) < 4.78 is 59.8. The van der Waals surface area contributed by atoms with Crippen molar-refractivity contribution in [1.82, 2.24) is 39.5 Å². The van der Waals surface area contributed by atoms with Crippen LogP contribution in [0.3, 0.4) is 0 Å². The van der Waals surface area contributed by atoms with Crippen molar-refractivity contribution in [3.8, 4) is 33.9 Å².